The molecule has 0 fully saturated rings. The van der Waals surface area contributed by atoms with Crippen LogP contribution in [0.25, 0.3) is 0 Å². The first-order valence-corrected chi connectivity index (χ1v) is 7.45. The van der Waals surface area contributed by atoms with Gasteiger partial charge in [-0.25, -0.2) is 0 Å². The highest BCUT2D eigenvalue weighted by atomic mass is 16.1. The van der Waals surface area contributed by atoms with E-state index >= 15 is 0 Å². The van der Waals surface area contributed by atoms with Crippen molar-refractivity contribution >= 4 is 5.78 Å². The maximum Gasteiger partial charge on any atom is 0.146 e. The van der Waals surface area contributed by atoms with Gasteiger partial charge in [-0.2, -0.15) is 0 Å². The van der Waals surface area contributed by atoms with Crippen LogP contribution in [0.4, 0.5) is 0 Å². The Morgan fingerprint density at radius 3 is 2.18 bits per heavy atom. The molecule has 0 aliphatic carbocycles. The molecule has 0 aromatic rings. The molecule has 2 nitrogen and oxygen atoms in total. The van der Waals surface area contributed by atoms with Crippen LogP contribution in [0.15, 0.2) is 0 Å². The minimum atomic E-state index is 0.374. The fourth-order valence-electron chi connectivity index (χ4n) is 1.80. The molecular formula is C15H31NO. The summed E-state index contributed by atoms with van der Waals surface area (Å²) >= 11 is 0. The van der Waals surface area contributed by atoms with Gasteiger partial charge in [0.15, 0.2) is 0 Å². The second kappa shape index (κ2) is 12.1. The van der Waals surface area contributed by atoms with Gasteiger partial charge in [0.2, 0.25) is 0 Å². The van der Waals surface area contributed by atoms with Gasteiger partial charge in [0, 0.05) is 12.5 Å². The zero-order valence-electron chi connectivity index (χ0n) is 12.1. The molecule has 0 aliphatic rings. The molecule has 0 saturated heterocycles. The van der Waals surface area contributed by atoms with Crippen LogP contribution in [-0.2, 0) is 4.79 Å². The van der Waals surface area contributed by atoms with E-state index in [-0.39, 0.29) is 0 Å². The van der Waals surface area contributed by atoms with Crippen molar-refractivity contribution < 1.29 is 4.79 Å². The van der Waals surface area contributed by atoms with E-state index in [0.717, 1.165) is 19.3 Å². The maximum absolute atomic E-state index is 11.5. The van der Waals surface area contributed by atoms with Crippen molar-refractivity contribution in [3.05, 3.63) is 0 Å². The molecule has 1 N–H and O–H groups in total. The third kappa shape index (κ3) is 11.9. The highest BCUT2D eigenvalue weighted by Crippen LogP contribution is 2.08. The van der Waals surface area contributed by atoms with E-state index in [0.29, 0.717) is 18.4 Å². The lowest BCUT2D eigenvalue weighted by atomic mass is 10.1. The molecule has 0 bridgehead atoms. The number of ketones is 1. The summed E-state index contributed by atoms with van der Waals surface area (Å²) in [4.78, 5) is 11.5. The van der Waals surface area contributed by atoms with Crippen LogP contribution in [0.1, 0.15) is 78.6 Å². The third-order valence-corrected chi connectivity index (χ3v) is 3.32. The van der Waals surface area contributed by atoms with E-state index in [1.807, 2.05) is 0 Å². The van der Waals surface area contributed by atoms with Gasteiger partial charge >= 0.3 is 0 Å². The van der Waals surface area contributed by atoms with Crippen molar-refractivity contribution in [2.75, 3.05) is 6.54 Å². The summed E-state index contributed by atoms with van der Waals surface area (Å²) in [5.41, 5.74) is 0. The lowest BCUT2D eigenvalue weighted by Gasteiger charge is -2.10. The van der Waals surface area contributed by atoms with Crippen molar-refractivity contribution in [2.24, 2.45) is 0 Å². The van der Waals surface area contributed by atoms with Gasteiger partial charge in [0.05, 0.1) is 6.54 Å². The Balaban J connectivity index is 3.22. The van der Waals surface area contributed by atoms with Gasteiger partial charge in [-0.15, -0.1) is 0 Å². The molecule has 0 saturated carbocycles. The molecule has 0 aromatic carbocycles. The van der Waals surface area contributed by atoms with Crippen LogP contribution < -0.4 is 5.32 Å². The Morgan fingerprint density at radius 1 is 1.00 bits per heavy atom. The largest absolute Gasteiger partial charge is 0.308 e. The van der Waals surface area contributed by atoms with E-state index in [2.05, 4.69) is 26.1 Å². The first-order valence-electron chi connectivity index (χ1n) is 7.45. The molecule has 2 heteroatoms. The lowest BCUT2D eigenvalue weighted by molar-refractivity contribution is -0.118. The Morgan fingerprint density at radius 2 is 1.59 bits per heavy atom. The van der Waals surface area contributed by atoms with Gasteiger partial charge in [-0.3, -0.25) is 4.79 Å². The van der Waals surface area contributed by atoms with Gasteiger partial charge in [0.1, 0.15) is 5.78 Å². The molecule has 0 radical (unpaired) electrons. The lowest BCUT2D eigenvalue weighted by Crippen LogP contribution is -2.30. The van der Waals surface area contributed by atoms with Gasteiger partial charge in [-0.05, 0) is 19.8 Å². The summed E-state index contributed by atoms with van der Waals surface area (Å²) in [6, 6.07) is 0.466. The Bertz CT molecular complexity index is 180. The topological polar surface area (TPSA) is 29.1 Å². The number of nitrogens with one attached hydrogen (secondary N) is 1. The van der Waals surface area contributed by atoms with Gasteiger partial charge < -0.3 is 5.32 Å². The van der Waals surface area contributed by atoms with E-state index in [1.165, 1.54) is 38.5 Å². The quantitative estimate of drug-likeness (QED) is 0.522. The minimum absolute atomic E-state index is 0.374. The van der Waals surface area contributed by atoms with Crippen molar-refractivity contribution in [3.8, 4) is 0 Å². The number of carbonyl (C=O) groups is 1. The van der Waals surface area contributed by atoms with Crippen molar-refractivity contribution in [1.29, 1.82) is 0 Å². The van der Waals surface area contributed by atoms with E-state index < -0.39 is 0 Å². The van der Waals surface area contributed by atoms with E-state index in [9.17, 15) is 4.79 Å². The first-order chi connectivity index (χ1) is 8.20. The molecule has 17 heavy (non-hydrogen) atoms. The highest BCUT2D eigenvalue weighted by molar-refractivity contribution is 5.80. The predicted molar refractivity (Wildman–Crippen MR) is 75.4 cm³/mol. The maximum atomic E-state index is 11.5. The average molecular weight is 241 g/mol. The summed E-state index contributed by atoms with van der Waals surface area (Å²) in [6.45, 7) is 7.06. The summed E-state index contributed by atoms with van der Waals surface area (Å²) in [5, 5.41) is 3.25. The Kier molecular flexibility index (Phi) is 11.8. The van der Waals surface area contributed by atoms with Crippen LogP contribution in [0.5, 0.6) is 0 Å². The van der Waals surface area contributed by atoms with Crippen LogP contribution in [0.2, 0.25) is 0 Å². The van der Waals surface area contributed by atoms with Crippen LogP contribution in [-0.4, -0.2) is 18.4 Å². The zero-order chi connectivity index (χ0) is 12.9. The Labute approximate surface area is 108 Å². The normalized spacial score (nSPS) is 12.6. The Hall–Kier alpha value is -0.370. The fourth-order valence-corrected chi connectivity index (χ4v) is 1.80. The first kappa shape index (κ1) is 16.6. The number of hydrogen-bond donors (Lipinski definition) is 1. The van der Waals surface area contributed by atoms with Crippen LogP contribution in [0.3, 0.4) is 0 Å². The van der Waals surface area contributed by atoms with E-state index in [1.54, 1.807) is 0 Å². The molecule has 0 aliphatic heterocycles. The number of Topliss-reactive ketones (excluding diaryl/α,β-unsaturated/α-hetero) is 1. The fraction of sp³-hybridized carbons (Fsp3) is 0.933. The molecular weight excluding hydrogens is 210 g/mol. The third-order valence-electron chi connectivity index (χ3n) is 3.32. The van der Waals surface area contributed by atoms with E-state index in [4.69, 9.17) is 0 Å². The molecule has 0 rings (SSSR count). The summed E-state index contributed by atoms with van der Waals surface area (Å²) in [5.74, 6) is 0.374. The summed E-state index contributed by atoms with van der Waals surface area (Å²) in [6.07, 6.45) is 10.8. The van der Waals surface area contributed by atoms with Crippen LogP contribution >= 0.6 is 0 Å². The van der Waals surface area contributed by atoms with Crippen LogP contribution in [0, 0.1) is 0 Å². The average Bonchev–Trinajstić information content (AvgIpc) is 2.34. The van der Waals surface area contributed by atoms with Crippen molar-refractivity contribution in [1.82, 2.24) is 5.32 Å². The molecule has 1 atom stereocenters. The number of hydrogen-bond acceptors (Lipinski definition) is 2. The van der Waals surface area contributed by atoms with Crippen molar-refractivity contribution in [3.63, 3.8) is 0 Å². The van der Waals surface area contributed by atoms with Gasteiger partial charge in [0.25, 0.3) is 0 Å². The number of carbonyl (C=O) groups excluding carboxylic acids is 1. The molecule has 0 aromatic heterocycles. The minimum Gasteiger partial charge on any atom is -0.308 e. The monoisotopic (exact) mass is 241 g/mol. The predicted octanol–water partition coefficient (Wildman–Crippen LogP) is 4.08. The second-order valence-corrected chi connectivity index (χ2v) is 5.10. The second-order valence-electron chi connectivity index (χ2n) is 5.10. The van der Waals surface area contributed by atoms with Crippen molar-refractivity contribution in [2.45, 2.75) is 84.6 Å². The number of rotatable bonds is 12. The number of unbranched alkanes of at least 4 members (excludes halogenated alkanes) is 6. The SMILES string of the molecule is CCCCCCCCCC(=O)CNC(C)CC. The molecule has 102 valence electrons. The molecule has 0 amide bonds. The zero-order valence-corrected chi connectivity index (χ0v) is 12.1. The smallest absolute Gasteiger partial charge is 0.146 e. The summed E-state index contributed by atoms with van der Waals surface area (Å²) in [7, 11) is 0. The standard InChI is InChI=1S/C15H31NO/c1-4-6-7-8-9-10-11-12-15(17)13-16-14(3)5-2/h14,16H,4-13H2,1-3H3. The molecule has 0 heterocycles. The highest BCUT2D eigenvalue weighted by Gasteiger charge is 2.03. The van der Waals surface area contributed by atoms with Gasteiger partial charge in [-0.1, -0.05) is 52.4 Å². The molecule has 1 unspecified atom stereocenters. The summed E-state index contributed by atoms with van der Waals surface area (Å²) < 4.78 is 0. The molecule has 0 spiro atoms.